The summed E-state index contributed by atoms with van der Waals surface area (Å²) in [6, 6.07) is 26.1. The van der Waals surface area contributed by atoms with Crippen LogP contribution in [0.3, 0.4) is 0 Å². The molecule has 0 atom stereocenters. The fourth-order valence-electron chi connectivity index (χ4n) is 3.44. The van der Waals surface area contributed by atoms with Crippen molar-refractivity contribution in [2.24, 2.45) is 9.98 Å². The lowest BCUT2D eigenvalue weighted by Crippen LogP contribution is -1.89. The number of nitrogens with zero attached hydrogens (tertiary/aromatic N) is 2. The maximum Gasteiger partial charge on any atom is 0.166 e. The first kappa shape index (κ1) is 22.6. The summed E-state index contributed by atoms with van der Waals surface area (Å²) in [6.45, 7) is 0. The number of aliphatic imine (C=N–C) groups is 2. The molecule has 0 saturated heterocycles. The Labute approximate surface area is 198 Å². The minimum absolute atomic E-state index is 0.0133. The zero-order valence-electron chi connectivity index (χ0n) is 18.8. The van der Waals surface area contributed by atoms with Crippen molar-refractivity contribution >= 4 is 23.8 Å². The van der Waals surface area contributed by atoms with Gasteiger partial charge in [-0.2, -0.15) is 0 Å². The lowest BCUT2D eigenvalue weighted by molar-refractivity contribution is 0.373. The van der Waals surface area contributed by atoms with Crippen LogP contribution in [0.2, 0.25) is 0 Å². The van der Waals surface area contributed by atoms with E-state index < -0.39 is 0 Å². The van der Waals surface area contributed by atoms with Gasteiger partial charge in [-0.05, 0) is 47.5 Å². The smallest absolute Gasteiger partial charge is 0.166 e. The van der Waals surface area contributed by atoms with Gasteiger partial charge in [0.1, 0.15) is 0 Å². The monoisotopic (exact) mass is 452 g/mol. The average molecular weight is 453 g/mol. The molecule has 2 N–H and O–H groups in total. The molecule has 0 radical (unpaired) electrons. The SMILES string of the molecule is COc1cccc(C=Nc2ccc(-c3ccccc3)cc2N=Cc2cccc(OC)c2O)c1O. The van der Waals surface area contributed by atoms with Gasteiger partial charge in [-0.3, -0.25) is 9.98 Å². The van der Waals surface area contributed by atoms with Gasteiger partial charge in [0.15, 0.2) is 23.0 Å². The van der Waals surface area contributed by atoms with Crippen molar-refractivity contribution in [3.63, 3.8) is 0 Å². The predicted molar refractivity (Wildman–Crippen MR) is 136 cm³/mol. The molecule has 170 valence electrons. The number of phenolic OH excluding ortho intramolecular Hbond substituents is 2. The van der Waals surface area contributed by atoms with Gasteiger partial charge in [-0.25, -0.2) is 0 Å². The third-order valence-electron chi connectivity index (χ3n) is 5.27. The second-order valence-electron chi connectivity index (χ2n) is 7.38. The van der Waals surface area contributed by atoms with Crippen LogP contribution in [0.1, 0.15) is 11.1 Å². The molecule has 4 aromatic rings. The average Bonchev–Trinajstić information content (AvgIpc) is 2.88. The zero-order valence-corrected chi connectivity index (χ0v) is 18.8. The van der Waals surface area contributed by atoms with Crippen LogP contribution in [-0.4, -0.2) is 36.9 Å². The summed E-state index contributed by atoms with van der Waals surface area (Å²) in [6.07, 6.45) is 3.14. The summed E-state index contributed by atoms with van der Waals surface area (Å²) >= 11 is 0. The fraction of sp³-hybridized carbons (Fsp3) is 0.0714. The Hall–Kier alpha value is -4.58. The Morgan fingerprint density at radius 3 is 1.71 bits per heavy atom. The van der Waals surface area contributed by atoms with E-state index >= 15 is 0 Å². The molecule has 0 aliphatic carbocycles. The topological polar surface area (TPSA) is 83.6 Å². The van der Waals surface area contributed by atoms with E-state index in [1.807, 2.05) is 48.5 Å². The normalized spacial score (nSPS) is 11.2. The van der Waals surface area contributed by atoms with Gasteiger partial charge in [0.25, 0.3) is 0 Å². The van der Waals surface area contributed by atoms with Crippen molar-refractivity contribution in [2.75, 3.05) is 14.2 Å². The Bertz CT molecular complexity index is 1350. The minimum Gasteiger partial charge on any atom is -0.504 e. The van der Waals surface area contributed by atoms with Crippen LogP contribution in [0.15, 0.2) is 94.9 Å². The molecule has 0 bridgehead atoms. The van der Waals surface area contributed by atoms with Gasteiger partial charge in [0.2, 0.25) is 0 Å². The third kappa shape index (κ3) is 4.91. The van der Waals surface area contributed by atoms with Crippen LogP contribution in [0.25, 0.3) is 11.1 Å². The van der Waals surface area contributed by atoms with Gasteiger partial charge in [-0.15, -0.1) is 0 Å². The summed E-state index contributed by atoms with van der Waals surface area (Å²) in [5.41, 5.74) is 4.26. The van der Waals surface area contributed by atoms with Crippen molar-refractivity contribution in [3.05, 3.63) is 96.1 Å². The Morgan fingerprint density at radius 1 is 0.588 bits per heavy atom. The Balaban J connectivity index is 1.76. The Kier molecular flexibility index (Phi) is 6.89. The molecule has 4 aromatic carbocycles. The van der Waals surface area contributed by atoms with Gasteiger partial charge < -0.3 is 19.7 Å². The molecule has 0 unspecified atom stereocenters. The lowest BCUT2D eigenvalue weighted by Gasteiger charge is -2.08. The van der Waals surface area contributed by atoms with E-state index in [1.165, 1.54) is 14.2 Å². The maximum absolute atomic E-state index is 10.4. The van der Waals surface area contributed by atoms with Crippen molar-refractivity contribution < 1.29 is 19.7 Å². The maximum atomic E-state index is 10.4. The molecule has 0 aliphatic heterocycles. The van der Waals surface area contributed by atoms with Gasteiger partial charge >= 0.3 is 0 Å². The summed E-state index contributed by atoms with van der Waals surface area (Å²) in [4.78, 5) is 9.20. The van der Waals surface area contributed by atoms with Crippen LogP contribution >= 0.6 is 0 Å². The second-order valence-corrected chi connectivity index (χ2v) is 7.38. The van der Waals surface area contributed by atoms with Crippen molar-refractivity contribution in [2.45, 2.75) is 0 Å². The number of phenols is 2. The highest BCUT2D eigenvalue weighted by Gasteiger charge is 2.09. The number of methoxy groups -OCH3 is 2. The molecular weight excluding hydrogens is 428 g/mol. The molecule has 0 saturated carbocycles. The van der Waals surface area contributed by atoms with Crippen LogP contribution in [-0.2, 0) is 0 Å². The highest BCUT2D eigenvalue weighted by molar-refractivity contribution is 5.91. The summed E-state index contributed by atoms with van der Waals surface area (Å²) in [7, 11) is 3.00. The molecule has 0 amide bonds. The van der Waals surface area contributed by atoms with E-state index in [4.69, 9.17) is 9.47 Å². The number of aromatic hydroxyl groups is 2. The van der Waals surface area contributed by atoms with E-state index in [1.54, 1.807) is 48.8 Å². The summed E-state index contributed by atoms with van der Waals surface area (Å²) in [5.74, 6) is 0.768. The molecule has 0 aliphatic rings. The largest absolute Gasteiger partial charge is 0.504 e. The lowest BCUT2D eigenvalue weighted by atomic mass is 10.0. The molecule has 0 heterocycles. The Morgan fingerprint density at radius 2 is 1.15 bits per heavy atom. The number of para-hydroxylation sites is 2. The standard InChI is InChI=1S/C28H24N2O4/c1-33-25-12-6-10-21(27(25)31)17-29-23-15-14-20(19-8-4-3-5-9-19)16-24(23)30-18-22-11-7-13-26(34-2)28(22)32/h3-18,31-32H,1-2H3. The van der Waals surface area contributed by atoms with Crippen molar-refractivity contribution in [3.8, 4) is 34.1 Å². The highest BCUT2D eigenvalue weighted by atomic mass is 16.5. The van der Waals surface area contributed by atoms with E-state index in [0.717, 1.165) is 11.1 Å². The van der Waals surface area contributed by atoms with E-state index in [0.29, 0.717) is 34.0 Å². The molecule has 0 spiro atoms. The summed E-state index contributed by atoms with van der Waals surface area (Å²) in [5, 5.41) is 20.8. The van der Waals surface area contributed by atoms with Gasteiger partial charge in [0, 0.05) is 23.6 Å². The molecule has 6 nitrogen and oxygen atoms in total. The number of ether oxygens (including phenoxy) is 2. The van der Waals surface area contributed by atoms with Crippen LogP contribution < -0.4 is 9.47 Å². The first-order valence-corrected chi connectivity index (χ1v) is 10.6. The fourth-order valence-corrected chi connectivity index (χ4v) is 3.44. The second kappa shape index (κ2) is 10.4. The predicted octanol–water partition coefficient (Wildman–Crippen LogP) is 6.28. The number of hydrogen-bond donors (Lipinski definition) is 2. The third-order valence-corrected chi connectivity index (χ3v) is 5.27. The molecule has 34 heavy (non-hydrogen) atoms. The quantitative estimate of drug-likeness (QED) is 0.323. The molecular formula is C28H24N2O4. The summed E-state index contributed by atoms with van der Waals surface area (Å²) < 4.78 is 10.4. The van der Waals surface area contributed by atoms with Crippen molar-refractivity contribution in [1.29, 1.82) is 0 Å². The number of hydrogen-bond acceptors (Lipinski definition) is 6. The first-order chi connectivity index (χ1) is 16.6. The van der Waals surface area contributed by atoms with E-state index in [9.17, 15) is 10.2 Å². The number of rotatable bonds is 7. The van der Waals surface area contributed by atoms with Crippen LogP contribution in [0, 0.1) is 0 Å². The molecule has 4 rings (SSSR count). The highest BCUT2D eigenvalue weighted by Crippen LogP contribution is 2.35. The van der Waals surface area contributed by atoms with E-state index in [-0.39, 0.29) is 11.5 Å². The van der Waals surface area contributed by atoms with Crippen LogP contribution in [0.4, 0.5) is 11.4 Å². The molecule has 0 aromatic heterocycles. The first-order valence-electron chi connectivity index (χ1n) is 10.6. The molecule has 0 fully saturated rings. The van der Waals surface area contributed by atoms with Crippen molar-refractivity contribution in [1.82, 2.24) is 0 Å². The van der Waals surface area contributed by atoms with E-state index in [2.05, 4.69) is 9.98 Å². The molecule has 6 heteroatoms. The number of benzene rings is 4. The minimum atomic E-state index is 0.0133. The van der Waals surface area contributed by atoms with Gasteiger partial charge in [0.05, 0.1) is 25.6 Å². The van der Waals surface area contributed by atoms with Crippen LogP contribution in [0.5, 0.6) is 23.0 Å². The zero-order chi connectivity index (χ0) is 23.9. The van der Waals surface area contributed by atoms with Gasteiger partial charge in [-0.1, -0.05) is 48.5 Å².